The summed E-state index contributed by atoms with van der Waals surface area (Å²) in [5.41, 5.74) is 5.33. The molecule has 1 aromatic heterocycles. The summed E-state index contributed by atoms with van der Waals surface area (Å²) in [6.07, 6.45) is -4.38. The molecule has 1 heterocycles. The highest BCUT2D eigenvalue weighted by Gasteiger charge is 2.34. The summed E-state index contributed by atoms with van der Waals surface area (Å²) in [7, 11) is 0. The maximum Gasteiger partial charge on any atom is 0.573 e. The molecule has 0 fully saturated rings. The topological polar surface area (TPSA) is 85.4 Å². The van der Waals surface area contributed by atoms with E-state index in [1.807, 2.05) is 0 Å². The summed E-state index contributed by atoms with van der Waals surface area (Å²) in [4.78, 5) is 14.4. The number of halogens is 3. The third-order valence-corrected chi connectivity index (χ3v) is 2.18. The minimum Gasteiger partial charge on any atom is -0.481 e. The minimum atomic E-state index is -4.91. The zero-order chi connectivity index (χ0) is 13.9. The molecule has 0 bridgehead atoms. The first kappa shape index (κ1) is 14.2. The number of carbonyl (C=O) groups is 1. The summed E-state index contributed by atoms with van der Waals surface area (Å²) < 4.78 is 40.7. The van der Waals surface area contributed by atoms with Gasteiger partial charge in [0.25, 0.3) is 0 Å². The molecule has 0 atom stereocenters. The zero-order valence-electron chi connectivity index (χ0n) is 9.41. The third kappa shape index (κ3) is 3.59. The number of aliphatic carboxylic acids is 1. The van der Waals surface area contributed by atoms with E-state index in [2.05, 4.69) is 9.72 Å². The van der Waals surface area contributed by atoms with Gasteiger partial charge in [-0.15, -0.1) is 13.2 Å². The number of nitrogens with zero attached hydrogens (tertiary/aromatic N) is 1. The summed E-state index contributed by atoms with van der Waals surface area (Å²) in [6.45, 7) is 1.17. The Morgan fingerprint density at radius 1 is 1.56 bits per heavy atom. The van der Waals surface area contributed by atoms with Crippen LogP contribution in [0.2, 0.25) is 0 Å². The molecule has 0 amide bonds. The van der Waals surface area contributed by atoms with Crippen molar-refractivity contribution in [3.05, 3.63) is 23.0 Å². The van der Waals surface area contributed by atoms with Crippen molar-refractivity contribution in [3.63, 3.8) is 0 Å². The Kier molecular flexibility index (Phi) is 4.12. The van der Waals surface area contributed by atoms with Gasteiger partial charge in [-0.05, 0) is 6.92 Å². The van der Waals surface area contributed by atoms with Gasteiger partial charge in [0.15, 0.2) is 0 Å². The van der Waals surface area contributed by atoms with Crippen molar-refractivity contribution in [2.24, 2.45) is 5.73 Å². The molecule has 5 nitrogen and oxygen atoms in total. The van der Waals surface area contributed by atoms with E-state index < -0.39 is 24.5 Å². The van der Waals surface area contributed by atoms with Crippen LogP contribution in [-0.2, 0) is 17.8 Å². The van der Waals surface area contributed by atoms with E-state index in [9.17, 15) is 18.0 Å². The fourth-order valence-corrected chi connectivity index (χ4v) is 1.42. The highest BCUT2D eigenvalue weighted by atomic mass is 19.4. The Balaban J connectivity index is 3.31. The van der Waals surface area contributed by atoms with Crippen molar-refractivity contribution in [2.75, 3.05) is 0 Å². The molecular weight excluding hydrogens is 253 g/mol. The van der Waals surface area contributed by atoms with Crippen LogP contribution < -0.4 is 10.5 Å². The molecule has 0 saturated heterocycles. The molecule has 1 rings (SSSR count). The fraction of sp³-hybridized carbons (Fsp3) is 0.400. The minimum absolute atomic E-state index is 0.00850. The fourth-order valence-electron chi connectivity index (χ4n) is 1.42. The molecule has 0 unspecified atom stereocenters. The Morgan fingerprint density at radius 2 is 2.17 bits per heavy atom. The van der Waals surface area contributed by atoms with Crippen LogP contribution in [0.25, 0.3) is 0 Å². The van der Waals surface area contributed by atoms with Gasteiger partial charge in [-0.25, -0.2) is 0 Å². The lowest BCUT2D eigenvalue weighted by molar-refractivity contribution is -0.275. The van der Waals surface area contributed by atoms with Crippen molar-refractivity contribution >= 4 is 5.97 Å². The average Bonchev–Trinajstić information content (AvgIpc) is 2.21. The van der Waals surface area contributed by atoms with E-state index in [1.165, 1.54) is 6.92 Å². The molecule has 8 heteroatoms. The second kappa shape index (κ2) is 5.21. The number of hydrogen-bond donors (Lipinski definition) is 2. The van der Waals surface area contributed by atoms with Crippen LogP contribution in [0.15, 0.2) is 6.20 Å². The quantitative estimate of drug-likeness (QED) is 0.857. The predicted octanol–water partition coefficient (Wildman–Crippen LogP) is 1.37. The first-order valence-corrected chi connectivity index (χ1v) is 4.89. The standard InChI is InChI=1S/C10H11F3N2O3/c1-5-7(2-8(16)17)9(18-10(11,12)13)6(3-14)4-15-5/h4H,2-3,14H2,1H3,(H,16,17). The summed E-state index contributed by atoms with van der Waals surface area (Å²) >= 11 is 0. The van der Waals surface area contributed by atoms with Crippen molar-refractivity contribution < 1.29 is 27.8 Å². The van der Waals surface area contributed by atoms with Gasteiger partial charge in [-0.3, -0.25) is 9.78 Å². The first-order chi connectivity index (χ1) is 8.24. The average molecular weight is 264 g/mol. The Labute approximate surface area is 100 Å². The Hall–Kier alpha value is -1.83. The molecule has 100 valence electrons. The highest BCUT2D eigenvalue weighted by Crippen LogP contribution is 2.31. The monoisotopic (exact) mass is 264 g/mol. The number of nitrogens with two attached hydrogens (primary N) is 1. The number of carboxylic acid groups (broad SMARTS) is 1. The number of carboxylic acids is 1. The van der Waals surface area contributed by atoms with Gasteiger partial charge in [0.05, 0.1) is 6.42 Å². The summed E-state index contributed by atoms with van der Waals surface area (Å²) in [6, 6.07) is 0. The number of ether oxygens (including phenoxy) is 1. The maximum atomic E-state index is 12.3. The first-order valence-electron chi connectivity index (χ1n) is 4.89. The molecule has 0 aliphatic rings. The Bertz CT molecular complexity index is 460. The second-order valence-corrected chi connectivity index (χ2v) is 3.50. The van der Waals surface area contributed by atoms with Crippen molar-refractivity contribution in [1.29, 1.82) is 0 Å². The lowest BCUT2D eigenvalue weighted by Gasteiger charge is -2.17. The number of aromatic nitrogens is 1. The smallest absolute Gasteiger partial charge is 0.481 e. The lowest BCUT2D eigenvalue weighted by atomic mass is 10.1. The van der Waals surface area contributed by atoms with Gasteiger partial charge in [0.1, 0.15) is 5.75 Å². The van der Waals surface area contributed by atoms with Crippen LogP contribution >= 0.6 is 0 Å². The summed E-state index contributed by atoms with van der Waals surface area (Å²) in [5, 5.41) is 8.68. The highest BCUT2D eigenvalue weighted by molar-refractivity contribution is 5.72. The number of hydrogen-bond acceptors (Lipinski definition) is 4. The van der Waals surface area contributed by atoms with E-state index in [4.69, 9.17) is 10.8 Å². The maximum absolute atomic E-state index is 12.3. The van der Waals surface area contributed by atoms with E-state index in [-0.39, 0.29) is 23.4 Å². The molecule has 0 aliphatic heterocycles. The lowest BCUT2D eigenvalue weighted by Crippen LogP contribution is -2.21. The van der Waals surface area contributed by atoms with Gasteiger partial charge in [-0.1, -0.05) is 0 Å². The van der Waals surface area contributed by atoms with Crippen molar-refractivity contribution in [1.82, 2.24) is 4.98 Å². The number of alkyl halides is 3. The van der Waals surface area contributed by atoms with Gasteiger partial charge < -0.3 is 15.6 Å². The van der Waals surface area contributed by atoms with Gasteiger partial charge in [0.2, 0.25) is 0 Å². The van der Waals surface area contributed by atoms with Crippen LogP contribution in [-0.4, -0.2) is 22.4 Å². The van der Waals surface area contributed by atoms with Crippen molar-refractivity contribution in [2.45, 2.75) is 26.3 Å². The van der Waals surface area contributed by atoms with Crippen LogP contribution in [0, 0.1) is 6.92 Å². The normalized spacial score (nSPS) is 11.4. The van der Waals surface area contributed by atoms with E-state index >= 15 is 0 Å². The zero-order valence-corrected chi connectivity index (χ0v) is 9.41. The van der Waals surface area contributed by atoms with Crippen LogP contribution in [0.1, 0.15) is 16.8 Å². The number of rotatable bonds is 4. The van der Waals surface area contributed by atoms with Gasteiger partial charge in [0, 0.05) is 29.6 Å². The molecule has 1 aromatic rings. The van der Waals surface area contributed by atoms with Gasteiger partial charge >= 0.3 is 12.3 Å². The molecular formula is C10H11F3N2O3. The molecule has 0 spiro atoms. The van der Waals surface area contributed by atoms with Gasteiger partial charge in [-0.2, -0.15) is 0 Å². The van der Waals surface area contributed by atoms with Crippen LogP contribution in [0.5, 0.6) is 5.75 Å². The SMILES string of the molecule is Cc1ncc(CN)c(OC(F)(F)F)c1CC(=O)O. The predicted molar refractivity (Wildman–Crippen MR) is 54.9 cm³/mol. The number of aryl methyl sites for hydroxylation is 1. The summed E-state index contributed by atoms with van der Waals surface area (Å²) in [5.74, 6) is -1.85. The second-order valence-electron chi connectivity index (χ2n) is 3.50. The molecule has 0 saturated carbocycles. The molecule has 0 aliphatic carbocycles. The van der Waals surface area contributed by atoms with Crippen LogP contribution in [0.4, 0.5) is 13.2 Å². The van der Waals surface area contributed by atoms with E-state index in [0.717, 1.165) is 6.20 Å². The van der Waals surface area contributed by atoms with E-state index in [1.54, 1.807) is 0 Å². The van der Waals surface area contributed by atoms with Crippen LogP contribution in [0.3, 0.4) is 0 Å². The molecule has 0 aromatic carbocycles. The number of pyridine rings is 1. The molecule has 3 N–H and O–H groups in total. The third-order valence-electron chi connectivity index (χ3n) is 2.18. The van der Waals surface area contributed by atoms with Crippen molar-refractivity contribution in [3.8, 4) is 5.75 Å². The van der Waals surface area contributed by atoms with E-state index in [0.29, 0.717) is 0 Å². The molecule has 0 radical (unpaired) electrons. The largest absolute Gasteiger partial charge is 0.573 e. The molecule has 18 heavy (non-hydrogen) atoms. The Morgan fingerprint density at radius 3 is 2.61 bits per heavy atom.